The second-order valence-corrected chi connectivity index (χ2v) is 4.24. The van der Waals surface area contributed by atoms with Gasteiger partial charge in [-0.3, -0.25) is 10.1 Å². The third-order valence-corrected chi connectivity index (χ3v) is 2.83. The number of nitrogens with zero attached hydrogens (tertiary/aromatic N) is 3. The van der Waals surface area contributed by atoms with E-state index in [0.717, 1.165) is 0 Å². The molecule has 0 aliphatic rings. The highest BCUT2D eigenvalue weighted by Gasteiger charge is 2.12. The van der Waals surface area contributed by atoms with Gasteiger partial charge in [-0.2, -0.15) is 4.98 Å². The Hall–Kier alpha value is -3.09. The minimum absolute atomic E-state index is 0.0207. The molecule has 0 fully saturated rings. The molecule has 0 saturated heterocycles. The van der Waals surface area contributed by atoms with Gasteiger partial charge >= 0.3 is 0 Å². The second-order valence-electron chi connectivity index (χ2n) is 4.24. The summed E-state index contributed by atoms with van der Waals surface area (Å²) in [7, 11) is 0. The Morgan fingerprint density at radius 1 is 1.10 bits per heavy atom. The minimum Gasteiger partial charge on any atom is -0.334 e. The largest absolute Gasteiger partial charge is 0.334 e. The fraction of sp³-hybridized carbons (Fsp3) is 0. The van der Waals surface area contributed by atoms with Crippen LogP contribution in [0.2, 0.25) is 0 Å². The van der Waals surface area contributed by atoms with Crippen molar-refractivity contribution in [1.82, 2.24) is 10.1 Å². The number of hydrogen-bond acceptors (Lipinski definition) is 5. The molecule has 0 spiro atoms. The summed E-state index contributed by atoms with van der Waals surface area (Å²) < 4.78 is 18.2. The Morgan fingerprint density at radius 2 is 1.86 bits per heavy atom. The Kier molecular flexibility index (Phi) is 3.15. The van der Waals surface area contributed by atoms with Crippen LogP contribution >= 0.6 is 0 Å². The monoisotopic (exact) mass is 285 g/mol. The SMILES string of the molecule is O=[N+]([O-])c1ccc(-c2noc(-c3cccc(F)c3)n2)cc1. The van der Waals surface area contributed by atoms with Gasteiger partial charge in [-0.1, -0.05) is 11.2 Å². The molecule has 1 aromatic heterocycles. The summed E-state index contributed by atoms with van der Waals surface area (Å²) in [5.41, 5.74) is 1.02. The van der Waals surface area contributed by atoms with E-state index < -0.39 is 10.7 Å². The van der Waals surface area contributed by atoms with E-state index in [1.165, 1.54) is 36.4 Å². The van der Waals surface area contributed by atoms with Crippen molar-refractivity contribution in [3.8, 4) is 22.8 Å². The van der Waals surface area contributed by atoms with Crippen LogP contribution in [-0.2, 0) is 0 Å². The number of nitro groups is 1. The van der Waals surface area contributed by atoms with Crippen molar-refractivity contribution in [3.63, 3.8) is 0 Å². The lowest BCUT2D eigenvalue weighted by molar-refractivity contribution is -0.384. The van der Waals surface area contributed by atoms with Gasteiger partial charge in [0.1, 0.15) is 5.82 Å². The zero-order valence-corrected chi connectivity index (χ0v) is 10.6. The Labute approximate surface area is 118 Å². The number of halogens is 1. The smallest absolute Gasteiger partial charge is 0.269 e. The molecule has 0 saturated carbocycles. The molecule has 3 aromatic rings. The number of aromatic nitrogens is 2. The van der Waals surface area contributed by atoms with Crippen molar-refractivity contribution in [2.24, 2.45) is 0 Å². The summed E-state index contributed by atoms with van der Waals surface area (Å²) in [5.74, 6) is 0.0644. The molecule has 7 heteroatoms. The van der Waals surface area contributed by atoms with Crippen LogP contribution in [0.3, 0.4) is 0 Å². The van der Waals surface area contributed by atoms with E-state index in [-0.39, 0.29) is 17.4 Å². The summed E-state index contributed by atoms with van der Waals surface area (Å²) in [5, 5.41) is 14.4. The van der Waals surface area contributed by atoms with Crippen molar-refractivity contribution in [2.75, 3.05) is 0 Å². The first kappa shape index (κ1) is 12.9. The van der Waals surface area contributed by atoms with Gasteiger partial charge in [0, 0.05) is 23.3 Å². The van der Waals surface area contributed by atoms with E-state index in [9.17, 15) is 14.5 Å². The van der Waals surface area contributed by atoms with Gasteiger partial charge < -0.3 is 4.52 Å². The van der Waals surface area contributed by atoms with Gasteiger partial charge in [-0.15, -0.1) is 0 Å². The average molecular weight is 285 g/mol. The van der Waals surface area contributed by atoms with E-state index in [0.29, 0.717) is 11.1 Å². The maximum Gasteiger partial charge on any atom is 0.269 e. The number of rotatable bonds is 3. The van der Waals surface area contributed by atoms with Crippen LogP contribution in [0, 0.1) is 15.9 Å². The van der Waals surface area contributed by atoms with Crippen LogP contribution in [0.5, 0.6) is 0 Å². The molecule has 0 aliphatic carbocycles. The molecule has 0 atom stereocenters. The van der Waals surface area contributed by atoms with Crippen LogP contribution in [0.1, 0.15) is 0 Å². The highest BCUT2D eigenvalue weighted by Crippen LogP contribution is 2.24. The first-order valence-electron chi connectivity index (χ1n) is 5.98. The molecule has 104 valence electrons. The normalized spacial score (nSPS) is 10.5. The van der Waals surface area contributed by atoms with E-state index in [2.05, 4.69) is 10.1 Å². The Morgan fingerprint density at radius 3 is 2.52 bits per heavy atom. The molecule has 0 aliphatic heterocycles. The number of benzene rings is 2. The lowest BCUT2D eigenvalue weighted by Gasteiger charge is -1.94. The summed E-state index contributed by atoms with van der Waals surface area (Å²) in [6, 6.07) is 11.6. The minimum atomic E-state index is -0.488. The zero-order valence-electron chi connectivity index (χ0n) is 10.6. The fourth-order valence-corrected chi connectivity index (χ4v) is 1.81. The zero-order chi connectivity index (χ0) is 14.8. The number of non-ortho nitro benzene ring substituents is 1. The standard InChI is InChI=1S/C14H8FN3O3/c15-11-3-1-2-10(8-11)14-16-13(17-21-14)9-4-6-12(7-5-9)18(19)20/h1-8H. The molecule has 0 unspecified atom stereocenters. The third-order valence-electron chi connectivity index (χ3n) is 2.83. The molecule has 0 bridgehead atoms. The van der Waals surface area contributed by atoms with Crippen LogP contribution in [-0.4, -0.2) is 15.1 Å². The molecule has 0 amide bonds. The van der Waals surface area contributed by atoms with Crippen molar-refractivity contribution < 1.29 is 13.8 Å². The molecular weight excluding hydrogens is 277 g/mol. The third kappa shape index (κ3) is 2.62. The van der Waals surface area contributed by atoms with Crippen LogP contribution < -0.4 is 0 Å². The Bertz CT molecular complexity index is 799. The maximum atomic E-state index is 13.1. The van der Waals surface area contributed by atoms with Crippen molar-refractivity contribution >= 4 is 5.69 Å². The van der Waals surface area contributed by atoms with Crippen molar-refractivity contribution in [3.05, 3.63) is 64.5 Å². The number of nitro benzene ring substituents is 1. The average Bonchev–Trinajstić information content (AvgIpc) is 2.97. The lowest BCUT2D eigenvalue weighted by Crippen LogP contribution is -1.87. The molecule has 2 aromatic carbocycles. The van der Waals surface area contributed by atoms with Crippen LogP contribution in [0.15, 0.2) is 53.1 Å². The second kappa shape index (κ2) is 5.12. The quantitative estimate of drug-likeness (QED) is 0.543. The van der Waals surface area contributed by atoms with Crippen LogP contribution in [0.4, 0.5) is 10.1 Å². The van der Waals surface area contributed by atoms with E-state index >= 15 is 0 Å². The van der Waals surface area contributed by atoms with E-state index in [4.69, 9.17) is 4.52 Å². The van der Waals surface area contributed by atoms with E-state index in [1.54, 1.807) is 12.1 Å². The van der Waals surface area contributed by atoms with Gasteiger partial charge in [0.2, 0.25) is 5.82 Å². The summed E-state index contributed by atoms with van der Waals surface area (Å²) in [6.07, 6.45) is 0. The van der Waals surface area contributed by atoms with E-state index in [1.807, 2.05) is 0 Å². The number of hydrogen-bond donors (Lipinski definition) is 0. The molecule has 6 nitrogen and oxygen atoms in total. The fourth-order valence-electron chi connectivity index (χ4n) is 1.81. The molecule has 1 heterocycles. The van der Waals surface area contributed by atoms with Gasteiger partial charge in [-0.05, 0) is 30.3 Å². The lowest BCUT2D eigenvalue weighted by atomic mass is 10.2. The van der Waals surface area contributed by atoms with Crippen molar-refractivity contribution in [1.29, 1.82) is 0 Å². The predicted molar refractivity (Wildman–Crippen MR) is 71.8 cm³/mol. The highest BCUT2D eigenvalue weighted by atomic mass is 19.1. The van der Waals surface area contributed by atoms with Crippen LogP contribution in [0.25, 0.3) is 22.8 Å². The summed E-state index contributed by atoms with van der Waals surface area (Å²) in [4.78, 5) is 14.3. The highest BCUT2D eigenvalue weighted by molar-refractivity contribution is 5.60. The first-order chi connectivity index (χ1) is 10.1. The van der Waals surface area contributed by atoms with Gasteiger partial charge in [0.15, 0.2) is 0 Å². The molecule has 0 N–H and O–H groups in total. The molecule has 0 radical (unpaired) electrons. The predicted octanol–water partition coefficient (Wildman–Crippen LogP) is 3.45. The van der Waals surface area contributed by atoms with Gasteiger partial charge in [-0.25, -0.2) is 4.39 Å². The molecule has 3 rings (SSSR count). The summed E-state index contributed by atoms with van der Waals surface area (Å²) >= 11 is 0. The van der Waals surface area contributed by atoms with Gasteiger partial charge in [0.05, 0.1) is 4.92 Å². The van der Waals surface area contributed by atoms with Crippen molar-refractivity contribution in [2.45, 2.75) is 0 Å². The molecular formula is C14H8FN3O3. The molecule has 21 heavy (non-hydrogen) atoms. The first-order valence-corrected chi connectivity index (χ1v) is 5.98. The Balaban J connectivity index is 1.93. The summed E-state index contributed by atoms with van der Waals surface area (Å²) in [6.45, 7) is 0. The maximum absolute atomic E-state index is 13.1. The topological polar surface area (TPSA) is 82.1 Å². The van der Waals surface area contributed by atoms with Gasteiger partial charge in [0.25, 0.3) is 11.6 Å².